The minimum absolute atomic E-state index is 0.600. The van der Waals surface area contributed by atoms with E-state index < -0.39 is 15.9 Å². The first-order chi connectivity index (χ1) is 6.71. The number of rotatable bonds is 0. The van der Waals surface area contributed by atoms with Gasteiger partial charge in [0, 0.05) is 0 Å². The Labute approximate surface area is 95.3 Å². The zero-order valence-electron chi connectivity index (χ0n) is 7.70. The van der Waals surface area contributed by atoms with Gasteiger partial charge in [-0.25, -0.2) is 0 Å². The fourth-order valence-electron chi connectivity index (χ4n) is 2.67. The molecule has 1 aromatic heterocycles. The van der Waals surface area contributed by atoms with Crippen LogP contribution in [0.3, 0.4) is 0 Å². The van der Waals surface area contributed by atoms with E-state index in [1.54, 1.807) is 0 Å². The molecule has 4 heteroatoms. The van der Waals surface area contributed by atoms with Crippen LogP contribution in [0.2, 0.25) is 3.97 Å². The molecule has 1 nitrogen and oxygen atoms in total. The summed E-state index contributed by atoms with van der Waals surface area (Å²) >= 11 is -2.74. The van der Waals surface area contributed by atoms with Gasteiger partial charge in [-0.05, 0) is 0 Å². The third-order valence-corrected chi connectivity index (χ3v) is 14.8. The van der Waals surface area contributed by atoms with Gasteiger partial charge in [0.1, 0.15) is 0 Å². The number of hydrogen-bond acceptors (Lipinski definition) is 0. The number of pyridine rings is 1. The number of nitrogens with zero attached hydrogens (tertiary/aromatic N) is 1. The van der Waals surface area contributed by atoms with Crippen LogP contribution in [0.25, 0.3) is 0 Å². The SMILES string of the molecule is Cl[Te]1(Cl)c2cccc[n+]2[C@@H]2CCC[C@@H]21. The van der Waals surface area contributed by atoms with Gasteiger partial charge in [0.2, 0.25) is 0 Å². The minimum atomic E-state index is -2.74. The first-order valence-corrected chi connectivity index (χ1v) is 13.3. The molecule has 1 aliphatic heterocycles. The Morgan fingerprint density at radius 1 is 1.29 bits per heavy atom. The normalized spacial score (nSPS) is 35.0. The van der Waals surface area contributed by atoms with Gasteiger partial charge in [0.25, 0.3) is 0 Å². The molecule has 1 saturated carbocycles. The van der Waals surface area contributed by atoms with Crippen molar-refractivity contribution < 1.29 is 4.57 Å². The van der Waals surface area contributed by atoms with Crippen molar-refractivity contribution in [2.24, 2.45) is 0 Å². The molecule has 2 atom stereocenters. The molecule has 14 heavy (non-hydrogen) atoms. The predicted octanol–water partition coefficient (Wildman–Crippen LogP) is 2.21. The van der Waals surface area contributed by atoms with Gasteiger partial charge in [0.05, 0.1) is 0 Å². The molecular formula is C10H12Cl2NTe+. The van der Waals surface area contributed by atoms with Gasteiger partial charge in [-0.15, -0.1) is 0 Å². The maximum absolute atomic E-state index is 6.63. The summed E-state index contributed by atoms with van der Waals surface area (Å²) in [4.78, 5) is 0. The first-order valence-electron chi connectivity index (χ1n) is 4.93. The number of fused-ring (bicyclic) bond motifs is 3. The fourth-order valence-corrected chi connectivity index (χ4v) is 13.4. The topological polar surface area (TPSA) is 3.88 Å². The van der Waals surface area contributed by atoms with E-state index in [-0.39, 0.29) is 0 Å². The molecule has 1 aliphatic carbocycles. The summed E-state index contributed by atoms with van der Waals surface area (Å²) in [6.07, 6.45) is 5.94. The molecule has 0 N–H and O–H groups in total. The monoisotopic (exact) mass is 346 g/mol. The molecule has 1 aromatic rings. The van der Waals surface area contributed by atoms with Crippen LogP contribution in [0, 0.1) is 0 Å². The molecule has 0 amide bonds. The van der Waals surface area contributed by atoms with Gasteiger partial charge < -0.3 is 0 Å². The van der Waals surface area contributed by atoms with Crippen LogP contribution in [0.5, 0.6) is 0 Å². The second kappa shape index (κ2) is 3.25. The van der Waals surface area contributed by atoms with Crippen molar-refractivity contribution in [1.29, 1.82) is 0 Å². The fraction of sp³-hybridized carbons (Fsp3) is 0.500. The molecule has 3 rings (SSSR count). The molecule has 0 spiro atoms. The molecule has 2 aliphatic rings. The van der Waals surface area contributed by atoms with Gasteiger partial charge in [0.15, 0.2) is 0 Å². The molecule has 0 unspecified atom stereocenters. The molecule has 0 bridgehead atoms. The van der Waals surface area contributed by atoms with Crippen molar-refractivity contribution in [2.45, 2.75) is 29.3 Å². The summed E-state index contributed by atoms with van der Waals surface area (Å²) in [6, 6.07) is 6.87. The summed E-state index contributed by atoms with van der Waals surface area (Å²) in [6.45, 7) is 0. The van der Waals surface area contributed by atoms with Gasteiger partial charge in [-0.2, -0.15) is 0 Å². The van der Waals surface area contributed by atoms with Gasteiger partial charge in [-0.3, -0.25) is 0 Å². The van der Waals surface area contributed by atoms with Gasteiger partial charge in [-0.1, -0.05) is 0 Å². The van der Waals surface area contributed by atoms with Crippen molar-refractivity contribution in [3.8, 4) is 0 Å². The molecular weight excluding hydrogens is 333 g/mol. The summed E-state index contributed by atoms with van der Waals surface area (Å²) in [7, 11) is 13.3. The van der Waals surface area contributed by atoms with E-state index in [9.17, 15) is 0 Å². The third-order valence-electron chi connectivity index (χ3n) is 3.29. The average Bonchev–Trinajstić information content (AvgIpc) is 2.72. The maximum atomic E-state index is 6.63. The number of halogens is 2. The third kappa shape index (κ3) is 1.18. The Morgan fingerprint density at radius 3 is 3.00 bits per heavy atom. The second-order valence-corrected chi connectivity index (χ2v) is 17.4. The standard InChI is InChI=1S/C10H12Cl2NTe/c11-14(12)9-5-3-4-8(9)13-7-2-1-6-10(13)14/h1-2,6-9H,3-5H2/q+1/t8-,9+/m1/s1. The van der Waals surface area contributed by atoms with Crippen LogP contribution in [0.1, 0.15) is 25.3 Å². The van der Waals surface area contributed by atoms with E-state index in [1.807, 2.05) is 0 Å². The van der Waals surface area contributed by atoms with Crippen LogP contribution in [-0.4, -0.2) is 15.9 Å². The van der Waals surface area contributed by atoms with E-state index in [1.165, 1.54) is 23.0 Å². The Bertz CT molecular complexity index is 380. The quantitative estimate of drug-likeness (QED) is 0.502. The molecule has 76 valence electrons. The molecule has 2 heterocycles. The molecule has 1 fully saturated rings. The van der Waals surface area contributed by atoms with E-state index >= 15 is 0 Å². The molecule has 0 radical (unpaired) electrons. The van der Waals surface area contributed by atoms with E-state index in [2.05, 4.69) is 29.0 Å². The van der Waals surface area contributed by atoms with Crippen LogP contribution < -0.4 is 8.31 Å². The summed E-state index contributed by atoms with van der Waals surface area (Å²) in [5.74, 6) is 0. The Hall–Kier alpha value is 0.520. The van der Waals surface area contributed by atoms with E-state index in [0.717, 1.165) is 0 Å². The van der Waals surface area contributed by atoms with Crippen LogP contribution in [0.15, 0.2) is 24.4 Å². The van der Waals surface area contributed by atoms with Crippen molar-refractivity contribution in [3.05, 3.63) is 24.4 Å². The second-order valence-electron chi connectivity index (χ2n) is 3.99. The van der Waals surface area contributed by atoms with Crippen molar-refractivity contribution in [1.82, 2.24) is 0 Å². The predicted molar refractivity (Wildman–Crippen MR) is 60.4 cm³/mol. The van der Waals surface area contributed by atoms with Crippen LogP contribution in [-0.2, 0) is 0 Å². The van der Waals surface area contributed by atoms with E-state index in [4.69, 9.17) is 17.9 Å². The number of aromatic nitrogens is 1. The Balaban J connectivity index is 2.20. The van der Waals surface area contributed by atoms with Crippen LogP contribution >= 0.6 is 17.9 Å². The number of hydrogen-bond donors (Lipinski definition) is 0. The summed E-state index contributed by atoms with van der Waals surface area (Å²) < 4.78 is 4.20. The Kier molecular flexibility index (Phi) is 2.26. The summed E-state index contributed by atoms with van der Waals surface area (Å²) in [5.41, 5.74) is 0. The zero-order chi connectivity index (χ0) is 9.76. The van der Waals surface area contributed by atoms with E-state index in [0.29, 0.717) is 10.0 Å². The van der Waals surface area contributed by atoms with Gasteiger partial charge >= 0.3 is 95.8 Å². The molecule has 0 saturated heterocycles. The first kappa shape index (κ1) is 9.72. The van der Waals surface area contributed by atoms with Crippen molar-refractivity contribution in [2.75, 3.05) is 0 Å². The van der Waals surface area contributed by atoms with Crippen molar-refractivity contribution in [3.63, 3.8) is 0 Å². The molecule has 0 aromatic carbocycles. The van der Waals surface area contributed by atoms with Crippen molar-refractivity contribution >= 4 is 37.6 Å². The Morgan fingerprint density at radius 2 is 2.14 bits per heavy atom. The van der Waals surface area contributed by atoms with Crippen LogP contribution in [0.4, 0.5) is 0 Å². The summed E-state index contributed by atoms with van der Waals surface area (Å²) in [5, 5.41) is 0. The zero-order valence-corrected chi connectivity index (χ0v) is 11.5. The average molecular weight is 345 g/mol.